The molecule has 2 spiro atoms. The summed E-state index contributed by atoms with van der Waals surface area (Å²) in [5.74, 6) is -0.178. The number of nitrogens with zero attached hydrogens (tertiary/aromatic N) is 1. The maximum absolute atomic E-state index is 14.4. The van der Waals surface area contributed by atoms with Gasteiger partial charge in [0.25, 0.3) is 0 Å². The van der Waals surface area contributed by atoms with Crippen LogP contribution in [0.3, 0.4) is 0 Å². The summed E-state index contributed by atoms with van der Waals surface area (Å²) in [6.45, 7) is 0.305. The average Bonchev–Trinajstić information content (AvgIpc) is 2.96. The quantitative estimate of drug-likeness (QED) is 0.568. The zero-order chi connectivity index (χ0) is 21.5. The van der Waals surface area contributed by atoms with Crippen molar-refractivity contribution in [3.8, 4) is 0 Å². The molecule has 0 N–H and O–H groups in total. The average molecular weight is 415 g/mol. The van der Waals surface area contributed by atoms with Gasteiger partial charge in [-0.15, -0.1) is 0 Å². The van der Waals surface area contributed by atoms with Crippen LogP contribution in [0.1, 0.15) is 27.8 Å². The van der Waals surface area contributed by atoms with Crippen LogP contribution in [0, 0.1) is 11.8 Å². The van der Waals surface area contributed by atoms with Gasteiger partial charge in [-0.1, -0.05) is 103 Å². The van der Waals surface area contributed by atoms with Crippen molar-refractivity contribution in [1.29, 1.82) is 0 Å². The molecule has 2 fully saturated rings. The monoisotopic (exact) mass is 415 g/mol. The standard InChI is InChI=1S/C29H21NO2/c31-26-28-22-12-6-4-10-20(22)14-16-24(28)25-17-15-21-11-5-7-13-23(21)29(25,28)27(32)30(26)18-19-8-2-1-3-9-19/h1-17,24-25H,18H2/t24-,25+,28-,29-/m1/s1. The Hall–Kier alpha value is -3.72. The van der Waals surface area contributed by atoms with Gasteiger partial charge in [-0.05, 0) is 27.8 Å². The molecule has 3 nitrogen and oxygen atoms in total. The molecule has 32 heavy (non-hydrogen) atoms. The van der Waals surface area contributed by atoms with Crippen LogP contribution in [0.15, 0.2) is 91.0 Å². The lowest BCUT2D eigenvalue weighted by atomic mass is 9.33. The molecule has 3 aliphatic carbocycles. The molecule has 7 rings (SSSR count). The Kier molecular flexibility index (Phi) is 3.33. The van der Waals surface area contributed by atoms with Gasteiger partial charge in [0.1, 0.15) is 10.8 Å². The van der Waals surface area contributed by atoms with Crippen LogP contribution in [0.4, 0.5) is 0 Å². The van der Waals surface area contributed by atoms with Crippen molar-refractivity contribution in [2.75, 3.05) is 0 Å². The first-order valence-corrected chi connectivity index (χ1v) is 11.2. The second-order valence-corrected chi connectivity index (χ2v) is 9.24. The number of carbonyl (C=O) groups excluding carboxylic acids is 2. The number of rotatable bonds is 2. The van der Waals surface area contributed by atoms with Gasteiger partial charge in [-0.25, -0.2) is 0 Å². The molecule has 4 aliphatic rings. The van der Waals surface area contributed by atoms with Gasteiger partial charge in [0, 0.05) is 11.8 Å². The number of carbonyl (C=O) groups is 2. The summed E-state index contributed by atoms with van der Waals surface area (Å²) in [7, 11) is 0. The first-order valence-electron chi connectivity index (χ1n) is 11.2. The molecule has 1 saturated carbocycles. The van der Waals surface area contributed by atoms with Crippen LogP contribution in [-0.2, 0) is 27.0 Å². The molecule has 4 atom stereocenters. The second kappa shape index (κ2) is 5.95. The summed E-state index contributed by atoms with van der Waals surface area (Å²) in [4.78, 5) is 30.4. The van der Waals surface area contributed by atoms with Crippen LogP contribution in [0.25, 0.3) is 12.2 Å². The third-order valence-corrected chi connectivity index (χ3v) is 8.09. The Balaban J connectivity index is 1.53. The number of fused-ring (bicyclic) bond motifs is 3. The summed E-state index contributed by atoms with van der Waals surface area (Å²) in [5, 5.41) is 0. The van der Waals surface area contributed by atoms with E-state index in [-0.39, 0.29) is 23.7 Å². The molecule has 3 aromatic rings. The zero-order valence-corrected chi connectivity index (χ0v) is 17.4. The van der Waals surface area contributed by atoms with E-state index in [9.17, 15) is 9.59 Å². The number of hydrogen-bond acceptors (Lipinski definition) is 2. The fourth-order valence-electron chi connectivity index (χ4n) is 6.98. The number of amides is 2. The smallest absolute Gasteiger partial charge is 0.242 e. The Morgan fingerprint density at radius 2 is 1.09 bits per heavy atom. The summed E-state index contributed by atoms with van der Waals surface area (Å²) < 4.78 is 0. The third kappa shape index (κ3) is 1.77. The summed E-state index contributed by atoms with van der Waals surface area (Å²) in [6.07, 6.45) is 8.59. The molecule has 154 valence electrons. The van der Waals surface area contributed by atoms with Gasteiger partial charge in [0.2, 0.25) is 11.8 Å². The lowest BCUT2D eigenvalue weighted by Crippen LogP contribution is -2.73. The highest BCUT2D eigenvalue weighted by Crippen LogP contribution is 2.74. The predicted octanol–water partition coefficient (Wildman–Crippen LogP) is 4.73. The van der Waals surface area contributed by atoms with Gasteiger partial charge < -0.3 is 0 Å². The number of likely N-dealkylation sites (tertiary alicyclic amines) is 1. The van der Waals surface area contributed by atoms with E-state index in [1.54, 1.807) is 0 Å². The molecule has 3 aromatic carbocycles. The van der Waals surface area contributed by atoms with Crippen molar-refractivity contribution in [3.05, 3.63) is 119 Å². The normalized spacial score (nSPS) is 30.7. The van der Waals surface area contributed by atoms with Crippen molar-refractivity contribution < 1.29 is 9.59 Å². The van der Waals surface area contributed by atoms with Gasteiger partial charge in [-0.3, -0.25) is 14.5 Å². The summed E-state index contributed by atoms with van der Waals surface area (Å²) in [5.41, 5.74) is 3.24. The molecule has 0 unspecified atom stereocenters. The largest absolute Gasteiger partial charge is 0.276 e. The molecular weight excluding hydrogens is 394 g/mol. The van der Waals surface area contributed by atoms with E-state index in [2.05, 4.69) is 48.6 Å². The summed E-state index contributed by atoms with van der Waals surface area (Å²) >= 11 is 0. The molecule has 0 aromatic heterocycles. The third-order valence-electron chi connectivity index (χ3n) is 8.09. The van der Waals surface area contributed by atoms with E-state index >= 15 is 0 Å². The van der Waals surface area contributed by atoms with E-state index in [1.165, 1.54) is 4.90 Å². The van der Waals surface area contributed by atoms with Crippen molar-refractivity contribution in [2.24, 2.45) is 11.8 Å². The van der Waals surface area contributed by atoms with E-state index in [4.69, 9.17) is 0 Å². The maximum Gasteiger partial charge on any atom is 0.242 e. The lowest BCUT2D eigenvalue weighted by Gasteiger charge is -2.64. The van der Waals surface area contributed by atoms with Gasteiger partial charge >= 0.3 is 0 Å². The Morgan fingerprint density at radius 1 is 0.625 bits per heavy atom. The zero-order valence-electron chi connectivity index (χ0n) is 17.4. The SMILES string of the molecule is O=C1N(Cc2ccccc2)C(=O)[C@@]23c4ccccc4C=C[C@H]2[C@H]2C=Cc4ccccc4[C@]123. The van der Waals surface area contributed by atoms with Gasteiger partial charge in [-0.2, -0.15) is 0 Å². The molecule has 1 saturated heterocycles. The second-order valence-electron chi connectivity index (χ2n) is 9.24. The Bertz CT molecular complexity index is 1290. The molecule has 0 bridgehead atoms. The first-order chi connectivity index (χ1) is 15.7. The van der Waals surface area contributed by atoms with Crippen LogP contribution in [0.2, 0.25) is 0 Å². The van der Waals surface area contributed by atoms with Crippen LogP contribution < -0.4 is 0 Å². The highest BCUT2D eigenvalue weighted by atomic mass is 16.2. The molecule has 1 heterocycles. The molecular formula is C29H21NO2. The minimum atomic E-state index is -0.893. The Labute approximate surface area is 186 Å². The summed E-state index contributed by atoms with van der Waals surface area (Å²) in [6, 6.07) is 26.0. The molecule has 0 radical (unpaired) electrons. The predicted molar refractivity (Wildman–Crippen MR) is 123 cm³/mol. The van der Waals surface area contributed by atoms with Crippen molar-refractivity contribution in [3.63, 3.8) is 0 Å². The number of imide groups is 1. The fraction of sp³-hybridized carbons (Fsp3) is 0.172. The number of benzene rings is 3. The van der Waals surface area contributed by atoms with E-state index in [1.807, 2.05) is 54.6 Å². The lowest BCUT2D eigenvalue weighted by molar-refractivity contribution is -0.141. The van der Waals surface area contributed by atoms with Crippen LogP contribution in [0.5, 0.6) is 0 Å². The molecule has 3 heteroatoms. The van der Waals surface area contributed by atoms with Crippen molar-refractivity contribution in [1.82, 2.24) is 4.90 Å². The van der Waals surface area contributed by atoms with Gasteiger partial charge in [0.05, 0.1) is 6.54 Å². The topological polar surface area (TPSA) is 37.4 Å². The highest BCUT2D eigenvalue weighted by molar-refractivity contribution is 6.20. The highest BCUT2D eigenvalue weighted by Gasteiger charge is 2.84. The van der Waals surface area contributed by atoms with Crippen LogP contribution in [-0.4, -0.2) is 16.7 Å². The van der Waals surface area contributed by atoms with Crippen molar-refractivity contribution >= 4 is 24.0 Å². The number of hydrogen-bond donors (Lipinski definition) is 0. The molecule has 2 amide bonds. The Morgan fingerprint density at radius 3 is 1.62 bits per heavy atom. The minimum Gasteiger partial charge on any atom is -0.276 e. The first kappa shape index (κ1) is 17.9. The minimum absolute atomic E-state index is 0.0285. The molecule has 1 aliphatic heterocycles. The van der Waals surface area contributed by atoms with Gasteiger partial charge in [0.15, 0.2) is 0 Å². The number of allylic oxidation sites excluding steroid dienone is 2. The van der Waals surface area contributed by atoms with E-state index < -0.39 is 10.8 Å². The van der Waals surface area contributed by atoms with Crippen LogP contribution >= 0.6 is 0 Å². The maximum atomic E-state index is 14.4. The fourth-order valence-corrected chi connectivity index (χ4v) is 6.98. The van der Waals surface area contributed by atoms with E-state index in [0.29, 0.717) is 6.54 Å². The van der Waals surface area contributed by atoms with Crippen molar-refractivity contribution in [2.45, 2.75) is 17.4 Å². The van der Waals surface area contributed by atoms with E-state index in [0.717, 1.165) is 27.8 Å².